The predicted molar refractivity (Wildman–Crippen MR) is 74.9 cm³/mol. The predicted octanol–water partition coefficient (Wildman–Crippen LogP) is -0.691. The van der Waals surface area contributed by atoms with E-state index in [9.17, 15) is 14.4 Å². The van der Waals surface area contributed by atoms with Crippen LogP contribution in [0.3, 0.4) is 0 Å². The number of carbonyl (C=O) groups is 3. The van der Waals surface area contributed by atoms with Crippen molar-refractivity contribution in [2.75, 3.05) is 27.4 Å². The van der Waals surface area contributed by atoms with Crippen molar-refractivity contribution in [3.63, 3.8) is 0 Å². The summed E-state index contributed by atoms with van der Waals surface area (Å²) < 4.78 is 18.5. The molecule has 1 atom stereocenters. The Hall–Kier alpha value is -2.68. The zero-order valence-corrected chi connectivity index (χ0v) is 12.2. The molecule has 0 amide bonds. The molecule has 0 saturated carbocycles. The van der Waals surface area contributed by atoms with Crippen molar-refractivity contribution in [1.82, 2.24) is 0 Å². The van der Waals surface area contributed by atoms with Crippen LogP contribution in [-0.2, 0) is 33.3 Å². The van der Waals surface area contributed by atoms with Crippen molar-refractivity contribution >= 4 is 23.8 Å². The first kappa shape index (κ1) is 19.3. The molecule has 9 nitrogen and oxygen atoms in total. The molecule has 0 rings (SSSR count). The highest BCUT2D eigenvalue weighted by atomic mass is 16.6. The molecule has 0 aliphatic rings. The standard InChI is InChI=1S/C13H18N2O7/c1-19-11(16)4-3-10(15)22-9(7-14)8-21-13(18)6-5-12(17)20-2/h3-6,9,15H,7-8,14H2,1-2H3/b4-3+,6-5+,15-10?. The molecule has 0 aliphatic carbocycles. The normalized spacial score (nSPS) is 12.0. The minimum Gasteiger partial charge on any atom is -0.470 e. The minimum absolute atomic E-state index is 0.0254. The minimum atomic E-state index is -0.788. The summed E-state index contributed by atoms with van der Waals surface area (Å²) in [6.07, 6.45) is 3.10. The molecule has 1 unspecified atom stereocenters. The van der Waals surface area contributed by atoms with Crippen LogP contribution >= 0.6 is 0 Å². The van der Waals surface area contributed by atoms with Crippen LogP contribution in [0.15, 0.2) is 24.3 Å². The number of rotatable bonds is 8. The second-order valence-corrected chi connectivity index (χ2v) is 3.68. The summed E-state index contributed by atoms with van der Waals surface area (Å²) in [7, 11) is 2.37. The topological polar surface area (TPSA) is 138 Å². The van der Waals surface area contributed by atoms with Gasteiger partial charge in [-0.3, -0.25) is 5.41 Å². The van der Waals surface area contributed by atoms with Gasteiger partial charge < -0.3 is 24.7 Å². The molecule has 0 aromatic heterocycles. The second kappa shape index (κ2) is 11.0. The third-order valence-electron chi connectivity index (χ3n) is 2.10. The highest BCUT2D eigenvalue weighted by molar-refractivity contribution is 5.93. The Bertz CT molecular complexity index is 471. The van der Waals surface area contributed by atoms with Gasteiger partial charge in [-0.2, -0.15) is 0 Å². The molecule has 0 spiro atoms. The number of carbonyl (C=O) groups excluding carboxylic acids is 3. The van der Waals surface area contributed by atoms with E-state index >= 15 is 0 Å². The summed E-state index contributed by atoms with van der Waals surface area (Å²) in [4.78, 5) is 32.9. The first-order valence-corrected chi connectivity index (χ1v) is 6.07. The van der Waals surface area contributed by atoms with E-state index in [1.165, 1.54) is 14.2 Å². The lowest BCUT2D eigenvalue weighted by atomic mass is 10.3. The van der Waals surface area contributed by atoms with Gasteiger partial charge in [-0.05, 0) is 0 Å². The van der Waals surface area contributed by atoms with Gasteiger partial charge in [-0.1, -0.05) is 0 Å². The van der Waals surface area contributed by atoms with Crippen LogP contribution in [0, 0.1) is 5.41 Å². The number of methoxy groups -OCH3 is 2. The number of ether oxygens (including phenoxy) is 4. The largest absolute Gasteiger partial charge is 0.470 e. The van der Waals surface area contributed by atoms with E-state index in [1.54, 1.807) is 0 Å². The van der Waals surface area contributed by atoms with Crippen LogP contribution in [0.4, 0.5) is 0 Å². The number of hydrogen-bond donors (Lipinski definition) is 2. The van der Waals surface area contributed by atoms with Crippen molar-refractivity contribution < 1.29 is 33.3 Å². The highest BCUT2D eigenvalue weighted by Gasteiger charge is 2.12. The lowest BCUT2D eigenvalue weighted by Crippen LogP contribution is -2.31. The maximum absolute atomic E-state index is 11.3. The molecule has 22 heavy (non-hydrogen) atoms. The second-order valence-electron chi connectivity index (χ2n) is 3.68. The monoisotopic (exact) mass is 314 g/mol. The van der Waals surface area contributed by atoms with Gasteiger partial charge in [0.25, 0.3) is 0 Å². The molecular formula is C13H18N2O7. The number of esters is 3. The molecular weight excluding hydrogens is 296 g/mol. The Labute approximate surface area is 127 Å². The highest BCUT2D eigenvalue weighted by Crippen LogP contribution is 1.96. The average Bonchev–Trinajstić information content (AvgIpc) is 2.53. The summed E-state index contributed by atoms with van der Waals surface area (Å²) in [6.45, 7) is -0.252. The van der Waals surface area contributed by atoms with Gasteiger partial charge in [0.05, 0.1) is 14.2 Å². The summed E-state index contributed by atoms with van der Waals surface area (Å²) in [5.74, 6) is -2.47. The zero-order chi connectivity index (χ0) is 17.0. The fourth-order valence-electron chi connectivity index (χ4n) is 1.01. The van der Waals surface area contributed by atoms with Crippen molar-refractivity contribution in [3.8, 4) is 0 Å². The molecule has 0 bridgehead atoms. The lowest BCUT2D eigenvalue weighted by Gasteiger charge is -2.15. The van der Waals surface area contributed by atoms with Crippen LogP contribution in [0.1, 0.15) is 0 Å². The molecule has 0 aromatic carbocycles. The molecule has 0 radical (unpaired) electrons. The van der Waals surface area contributed by atoms with E-state index in [2.05, 4.69) is 9.47 Å². The SMILES string of the molecule is COC(=O)/C=C/C(=N)OC(CN)COC(=O)/C=C/C(=O)OC. The Balaban J connectivity index is 4.27. The number of nitrogens with two attached hydrogens (primary N) is 1. The molecule has 0 aromatic rings. The Morgan fingerprint density at radius 3 is 2.00 bits per heavy atom. The van der Waals surface area contributed by atoms with Crippen molar-refractivity contribution in [3.05, 3.63) is 24.3 Å². The first-order chi connectivity index (χ1) is 10.4. The molecule has 0 aliphatic heterocycles. The molecule has 0 fully saturated rings. The van der Waals surface area contributed by atoms with E-state index < -0.39 is 24.0 Å². The molecule has 0 saturated heterocycles. The van der Waals surface area contributed by atoms with Crippen LogP contribution in [0.25, 0.3) is 0 Å². The molecule has 3 N–H and O–H groups in total. The van der Waals surface area contributed by atoms with Crippen molar-refractivity contribution in [2.24, 2.45) is 5.73 Å². The Morgan fingerprint density at radius 2 is 1.50 bits per heavy atom. The van der Waals surface area contributed by atoms with Crippen LogP contribution in [0.2, 0.25) is 0 Å². The maximum Gasteiger partial charge on any atom is 0.331 e. The average molecular weight is 314 g/mol. The third kappa shape index (κ3) is 9.26. The number of hydrogen-bond acceptors (Lipinski definition) is 9. The fourth-order valence-corrected chi connectivity index (χ4v) is 1.01. The van der Waals surface area contributed by atoms with Gasteiger partial charge in [0, 0.05) is 30.8 Å². The van der Waals surface area contributed by atoms with Gasteiger partial charge in [-0.15, -0.1) is 0 Å². The van der Waals surface area contributed by atoms with Gasteiger partial charge in [0.15, 0.2) is 0 Å². The summed E-state index contributed by atoms with van der Waals surface area (Å²) in [5, 5.41) is 7.45. The van der Waals surface area contributed by atoms with Crippen molar-refractivity contribution in [2.45, 2.75) is 6.10 Å². The van der Waals surface area contributed by atoms with Crippen LogP contribution < -0.4 is 5.73 Å². The van der Waals surface area contributed by atoms with Crippen LogP contribution in [0.5, 0.6) is 0 Å². The molecule has 9 heteroatoms. The van der Waals surface area contributed by atoms with E-state index in [0.29, 0.717) is 0 Å². The van der Waals surface area contributed by atoms with Gasteiger partial charge in [-0.25, -0.2) is 14.4 Å². The van der Waals surface area contributed by atoms with E-state index in [-0.39, 0.29) is 19.0 Å². The van der Waals surface area contributed by atoms with E-state index in [0.717, 1.165) is 24.3 Å². The quantitative estimate of drug-likeness (QED) is 0.197. The van der Waals surface area contributed by atoms with Gasteiger partial charge >= 0.3 is 17.9 Å². The fraction of sp³-hybridized carbons (Fsp3) is 0.385. The molecule has 0 heterocycles. The molecule has 122 valence electrons. The Morgan fingerprint density at radius 1 is 1.00 bits per heavy atom. The first-order valence-electron chi connectivity index (χ1n) is 6.07. The van der Waals surface area contributed by atoms with Crippen LogP contribution in [-0.4, -0.2) is 57.3 Å². The van der Waals surface area contributed by atoms with Gasteiger partial charge in [0.2, 0.25) is 5.90 Å². The zero-order valence-electron chi connectivity index (χ0n) is 12.2. The lowest BCUT2D eigenvalue weighted by molar-refractivity contribution is -0.141. The third-order valence-corrected chi connectivity index (χ3v) is 2.10. The number of nitrogens with one attached hydrogen (secondary N) is 1. The van der Waals surface area contributed by atoms with E-state index in [1.807, 2.05) is 0 Å². The van der Waals surface area contributed by atoms with Gasteiger partial charge in [0.1, 0.15) is 12.7 Å². The summed E-state index contributed by atoms with van der Waals surface area (Å²) in [5.41, 5.74) is 5.41. The summed E-state index contributed by atoms with van der Waals surface area (Å²) in [6, 6.07) is 0. The smallest absolute Gasteiger partial charge is 0.331 e. The summed E-state index contributed by atoms with van der Waals surface area (Å²) >= 11 is 0. The Kier molecular flexibility index (Phi) is 9.69. The van der Waals surface area contributed by atoms with E-state index in [4.69, 9.17) is 20.6 Å². The van der Waals surface area contributed by atoms with Crippen molar-refractivity contribution in [1.29, 1.82) is 5.41 Å². The maximum atomic E-state index is 11.3.